The number of sulfonamides is 1. The standard InChI is InChI=1S/C12H9ClF2N2O2S/c1-7-2-11(12(13)16-6-7)17-20(18,19)10-4-8(14)3-9(15)5-10/h2-6,17H,1H3. The van der Waals surface area contributed by atoms with Crippen LogP contribution in [-0.4, -0.2) is 13.4 Å². The normalized spacial score (nSPS) is 11.4. The minimum absolute atomic E-state index is 0.0383. The molecule has 0 aliphatic carbocycles. The Balaban J connectivity index is 2.43. The maximum absolute atomic E-state index is 13.1. The molecule has 0 aliphatic rings. The van der Waals surface area contributed by atoms with E-state index in [1.807, 2.05) is 0 Å². The highest BCUT2D eigenvalue weighted by Gasteiger charge is 2.18. The first-order chi connectivity index (χ1) is 9.28. The Bertz CT molecular complexity index is 746. The monoisotopic (exact) mass is 318 g/mol. The summed E-state index contributed by atoms with van der Waals surface area (Å²) in [6.07, 6.45) is 1.46. The number of rotatable bonds is 3. The van der Waals surface area contributed by atoms with Gasteiger partial charge in [-0.05, 0) is 30.7 Å². The summed E-state index contributed by atoms with van der Waals surface area (Å²) in [5.74, 6) is -1.97. The summed E-state index contributed by atoms with van der Waals surface area (Å²) in [4.78, 5) is 3.25. The van der Waals surface area contributed by atoms with E-state index in [0.29, 0.717) is 23.8 Å². The van der Waals surface area contributed by atoms with Gasteiger partial charge in [-0.2, -0.15) is 0 Å². The molecular weight excluding hydrogens is 310 g/mol. The van der Waals surface area contributed by atoms with Crippen LogP contribution in [0.3, 0.4) is 0 Å². The van der Waals surface area contributed by atoms with Gasteiger partial charge in [-0.1, -0.05) is 11.6 Å². The lowest BCUT2D eigenvalue weighted by atomic mass is 10.3. The van der Waals surface area contributed by atoms with Crippen molar-refractivity contribution in [2.24, 2.45) is 0 Å². The summed E-state index contributed by atoms with van der Waals surface area (Å²) in [6.45, 7) is 1.70. The zero-order valence-corrected chi connectivity index (χ0v) is 11.8. The van der Waals surface area contributed by atoms with Crippen molar-refractivity contribution in [1.82, 2.24) is 4.98 Å². The highest BCUT2D eigenvalue weighted by molar-refractivity contribution is 7.92. The smallest absolute Gasteiger partial charge is 0.262 e. The van der Waals surface area contributed by atoms with Crippen molar-refractivity contribution in [3.05, 3.63) is 52.8 Å². The van der Waals surface area contributed by atoms with E-state index in [1.165, 1.54) is 12.3 Å². The molecule has 4 nitrogen and oxygen atoms in total. The number of nitrogens with one attached hydrogen (secondary N) is 1. The third-order valence-corrected chi connectivity index (χ3v) is 4.01. The molecule has 0 amide bonds. The van der Waals surface area contributed by atoms with Crippen LogP contribution in [0.15, 0.2) is 35.4 Å². The van der Waals surface area contributed by atoms with Gasteiger partial charge in [-0.25, -0.2) is 22.2 Å². The molecule has 0 saturated heterocycles. The SMILES string of the molecule is Cc1cnc(Cl)c(NS(=O)(=O)c2cc(F)cc(F)c2)c1. The van der Waals surface area contributed by atoms with Gasteiger partial charge in [0.15, 0.2) is 5.15 Å². The van der Waals surface area contributed by atoms with E-state index in [1.54, 1.807) is 6.92 Å². The van der Waals surface area contributed by atoms with E-state index >= 15 is 0 Å². The van der Waals surface area contributed by atoms with Crippen LogP contribution in [0.1, 0.15) is 5.56 Å². The second kappa shape index (κ2) is 5.34. The summed E-state index contributed by atoms with van der Waals surface area (Å²) in [5.41, 5.74) is 0.717. The number of halogens is 3. The Morgan fingerprint density at radius 2 is 1.75 bits per heavy atom. The van der Waals surface area contributed by atoms with Crippen LogP contribution >= 0.6 is 11.6 Å². The molecule has 0 radical (unpaired) electrons. The number of benzene rings is 1. The van der Waals surface area contributed by atoms with Crippen LogP contribution in [-0.2, 0) is 10.0 Å². The van der Waals surface area contributed by atoms with Gasteiger partial charge in [0.05, 0.1) is 10.6 Å². The molecule has 2 rings (SSSR count). The van der Waals surface area contributed by atoms with E-state index < -0.39 is 26.6 Å². The van der Waals surface area contributed by atoms with E-state index in [4.69, 9.17) is 11.6 Å². The van der Waals surface area contributed by atoms with Gasteiger partial charge < -0.3 is 0 Å². The molecule has 2 aromatic rings. The first-order valence-corrected chi connectivity index (χ1v) is 7.25. The summed E-state index contributed by atoms with van der Waals surface area (Å²) in [6, 6.07) is 3.47. The fourth-order valence-electron chi connectivity index (χ4n) is 1.51. The second-order valence-corrected chi connectivity index (χ2v) is 6.10. The summed E-state index contributed by atoms with van der Waals surface area (Å²) >= 11 is 5.77. The predicted octanol–water partition coefficient (Wildman–Crippen LogP) is 3.12. The van der Waals surface area contributed by atoms with Crippen LogP contribution in [0, 0.1) is 18.6 Å². The molecule has 0 saturated carbocycles. The molecule has 1 heterocycles. The van der Waals surface area contributed by atoms with Crippen LogP contribution < -0.4 is 4.72 Å². The molecule has 0 fully saturated rings. The fraction of sp³-hybridized carbons (Fsp3) is 0.0833. The summed E-state index contributed by atoms with van der Waals surface area (Å²) in [7, 11) is -4.15. The van der Waals surface area contributed by atoms with Gasteiger partial charge in [0.25, 0.3) is 10.0 Å². The van der Waals surface area contributed by atoms with Crippen molar-refractivity contribution in [2.45, 2.75) is 11.8 Å². The maximum atomic E-state index is 13.1. The van der Waals surface area contributed by atoms with Crippen molar-refractivity contribution in [2.75, 3.05) is 4.72 Å². The topological polar surface area (TPSA) is 59.1 Å². The van der Waals surface area contributed by atoms with Gasteiger partial charge in [-0.3, -0.25) is 4.72 Å². The second-order valence-electron chi connectivity index (χ2n) is 4.06. The van der Waals surface area contributed by atoms with Gasteiger partial charge in [0, 0.05) is 12.3 Å². The molecule has 1 aromatic carbocycles. The zero-order chi connectivity index (χ0) is 14.9. The minimum atomic E-state index is -4.15. The average molecular weight is 319 g/mol. The highest BCUT2D eigenvalue weighted by atomic mass is 35.5. The van der Waals surface area contributed by atoms with Gasteiger partial charge in [0.1, 0.15) is 11.6 Å². The molecule has 0 spiro atoms. The van der Waals surface area contributed by atoms with E-state index in [9.17, 15) is 17.2 Å². The Labute approximate surface area is 119 Å². The molecule has 20 heavy (non-hydrogen) atoms. The summed E-state index contributed by atoms with van der Waals surface area (Å²) < 4.78 is 52.4. The number of nitrogens with zero attached hydrogens (tertiary/aromatic N) is 1. The first-order valence-electron chi connectivity index (χ1n) is 5.39. The first kappa shape index (κ1) is 14.7. The lowest BCUT2D eigenvalue weighted by Crippen LogP contribution is -2.14. The van der Waals surface area contributed by atoms with Crippen molar-refractivity contribution in [1.29, 1.82) is 0 Å². The van der Waals surface area contributed by atoms with Crippen LogP contribution in [0.25, 0.3) is 0 Å². The minimum Gasteiger partial charge on any atom is -0.276 e. The fourth-order valence-corrected chi connectivity index (χ4v) is 2.82. The molecule has 106 valence electrons. The van der Waals surface area contributed by atoms with Gasteiger partial charge in [-0.15, -0.1) is 0 Å². The van der Waals surface area contributed by atoms with E-state index in [0.717, 1.165) is 0 Å². The zero-order valence-electron chi connectivity index (χ0n) is 10.2. The molecule has 1 aromatic heterocycles. The van der Waals surface area contributed by atoms with Crippen molar-refractivity contribution in [3.8, 4) is 0 Å². The number of anilines is 1. The third-order valence-electron chi connectivity index (χ3n) is 2.37. The molecule has 0 atom stereocenters. The van der Waals surface area contributed by atoms with E-state index in [2.05, 4.69) is 9.71 Å². The Morgan fingerprint density at radius 3 is 2.35 bits per heavy atom. The Hall–Kier alpha value is -1.73. The number of hydrogen-bond donors (Lipinski definition) is 1. The predicted molar refractivity (Wildman–Crippen MR) is 71.2 cm³/mol. The van der Waals surface area contributed by atoms with E-state index in [-0.39, 0.29) is 10.8 Å². The Morgan fingerprint density at radius 1 is 1.15 bits per heavy atom. The van der Waals surface area contributed by atoms with Crippen LogP contribution in [0.4, 0.5) is 14.5 Å². The molecular formula is C12H9ClF2N2O2S. The quantitative estimate of drug-likeness (QED) is 0.885. The number of aromatic nitrogens is 1. The van der Waals surface area contributed by atoms with Crippen molar-refractivity contribution < 1.29 is 17.2 Å². The number of pyridine rings is 1. The lowest BCUT2D eigenvalue weighted by Gasteiger charge is -2.10. The molecule has 8 heteroatoms. The molecule has 0 aliphatic heterocycles. The number of aryl methyl sites for hydroxylation is 1. The van der Waals surface area contributed by atoms with Crippen LogP contribution in [0.5, 0.6) is 0 Å². The third kappa shape index (κ3) is 3.23. The molecule has 1 N–H and O–H groups in total. The van der Waals surface area contributed by atoms with Crippen molar-refractivity contribution in [3.63, 3.8) is 0 Å². The average Bonchev–Trinajstić information content (AvgIpc) is 2.32. The highest BCUT2D eigenvalue weighted by Crippen LogP contribution is 2.24. The summed E-state index contributed by atoms with van der Waals surface area (Å²) in [5, 5.41) is -0.0592. The molecule has 0 bridgehead atoms. The molecule has 0 unspecified atom stereocenters. The van der Waals surface area contributed by atoms with Crippen LogP contribution in [0.2, 0.25) is 5.15 Å². The Kier molecular flexibility index (Phi) is 3.92. The lowest BCUT2D eigenvalue weighted by molar-refractivity contribution is 0.568. The number of hydrogen-bond acceptors (Lipinski definition) is 3. The van der Waals surface area contributed by atoms with Gasteiger partial charge in [0.2, 0.25) is 0 Å². The van der Waals surface area contributed by atoms with Crippen molar-refractivity contribution >= 4 is 27.3 Å². The maximum Gasteiger partial charge on any atom is 0.262 e. The largest absolute Gasteiger partial charge is 0.276 e. The van der Waals surface area contributed by atoms with Gasteiger partial charge >= 0.3 is 0 Å².